The van der Waals surface area contributed by atoms with E-state index in [2.05, 4.69) is 19.2 Å². The molecule has 40 heavy (non-hydrogen) atoms. The van der Waals surface area contributed by atoms with E-state index in [0.717, 1.165) is 33.8 Å². The first-order valence-electron chi connectivity index (χ1n) is 13.8. The van der Waals surface area contributed by atoms with E-state index in [-0.39, 0.29) is 23.3 Å². The normalized spacial score (nSPS) is 12.2. The van der Waals surface area contributed by atoms with Gasteiger partial charge in [-0.25, -0.2) is 8.42 Å². The van der Waals surface area contributed by atoms with Crippen LogP contribution in [0.2, 0.25) is 0 Å². The van der Waals surface area contributed by atoms with Gasteiger partial charge in [0.05, 0.1) is 10.6 Å². The Morgan fingerprint density at radius 2 is 1.50 bits per heavy atom. The lowest BCUT2D eigenvalue weighted by Crippen LogP contribution is -2.51. The van der Waals surface area contributed by atoms with Crippen molar-refractivity contribution in [3.05, 3.63) is 95.6 Å². The molecule has 0 saturated heterocycles. The molecule has 0 radical (unpaired) electrons. The van der Waals surface area contributed by atoms with E-state index < -0.39 is 28.5 Å². The lowest BCUT2D eigenvalue weighted by molar-refractivity contribution is -0.139. The van der Waals surface area contributed by atoms with Gasteiger partial charge in [0.25, 0.3) is 10.0 Å². The van der Waals surface area contributed by atoms with Gasteiger partial charge in [0, 0.05) is 13.1 Å². The molecule has 0 heterocycles. The van der Waals surface area contributed by atoms with Crippen molar-refractivity contribution < 1.29 is 18.0 Å². The van der Waals surface area contributed by atoms with Crippen molar-refractivity contribution in [1.82, 2.24) is 10.2 Å². The summed E-state index contributed by atoms with van der Waals surface area (Å²) in [6.45, 7) is 10.1. The summed E-state index contributed by atoms with van der Waals surface area (Å²) in [6.07, 6.45) is 1.77. The van der Waals surface area contributed by atoms with Crippen molar-refractivity contribution in [1.29, 1.82) is 0 Å². The van der Waals surface area contributed by atoms with Gasteiger partial charge in [0.1, 0.15) is 12.6 Å². The van der Waals surface area contributed by atoms with Gasteiger partial charge < -0.3 is 10.2 Å². The highest BCUT2D eigenvalue weighted by atomic mass is 32.2. The van der Waals surface area contributed by atoms with E-state index in [1.54, 1.807) is 37.3 Å². The predicted molar refractivity (Wildman–Crippen MR) is 161 cm³/mol. The average Bonchev–Trinajstić information content (AvgIpc) is 2.95. The molecule has 0 fully saturated rings. The maximum absolute atomic E-state index is 14.0. The van der Waals surface area contributed by atoms with Crippen LogP contribution in [0.1, 0.15) is 63.1 Å². The van der Waals surface area contributed by atoms with Crippen LogP contribution in [-0.2, 0) is 26.2 Å². The average molecular weight is 564 g/mol. The number of rotatable bonds is 13. The van der Waals surface area contributed by atoms with Crippen LogP contribution < -0.4 is 9.62 Å². The number of nitrogens with one attached hydrogen (secondary N) is 1. The quantitative estimate of drug-likeness (QED) is 0.273. The Morgan fingerprint density at radius 3 is 2.08 bits per heavy atom. The fourth-order valence-corrected chi connectivity index (χ4v) is 5.72. The molecule has 3 aromatic rings. The van der Waals surface area contributed by atoms with Crippen LogP contribution in [-0.4, -0.2) is 44.3 Å². The van der Waals surface area contributed by atoms with E-state index in [9.17, 15) is 18.0 Å². The molecule has 214 valence electrons. The third kappa shape index (κ3) is 7.94. The predicted octanol–water partition coefficient (Wildman–Crippen LogP) is 5.65. The number of carbonyl (C=O) groups is 2. The van der Waals surface area contributed by atoms with E-state index in [4.69, 9.17) is 0 Å². The molecule has 0 aliphatic rings. The number of unbranched alkanes of at least 4 members (excludes halogenated alkanes) is 1. The molecule has 0 bridgehead atoms. The second kappa shape index (κ2) is 14.1. The number of nitrogens with zero attached hydrogens (tertiary/aromatic N) is 2. The van der Waals surface area contributed by atoms with Crippen LogP contribution in [0, 0.1) is 6.92 Å². The third-order valence-corrected chi connectivity index (χ3v) is 8.72. The summed E-state index contributed by atoms with van der Waals surface area (Å²) in [7, 11) is -4.07. The van der Waals surface area contributed by atoms with Gasteiger partial charge in [-0.05, 0) is 61.6 Å². The fourth-order valence-electron chi connectivity index (χ4n) is 4.28. The highest BCUT2D eigenvalue weighted by Crippen LogP contribution is 2.26. The molecule has 1 N–H and O–H groups in total. The second-order valence-electron chi connectivity index (χ2n) is 10.4. The molecule has 0 aromatic heterocycles. The summed E-state index contributed by atoms with van der Waals surface area (Å²) in [5.74, 6) is -0.467. The summed E-state index contributed by atoms with van der Waals surface area (Å²) in [5, 5.41) is 2.91. The summed E-state index contributed by atoms with van der Waals surface area (Å²) < 4.78 is 28.9. The van der Waals surface area contributed by atoms with E-state index in [1.807, 2.05) is 50.2 Å². The molecule has 0 aliphatic heterocycles. The van der Waals surface area contributed by atoms with Gasteiger partial charge in [-0.3, -0.25) is 13.9 Å². The first kappa shape index (κ1) is 30.9. The van der Waals surface area contributed by atoms with Crippen LogP contribution in [0.15, 0.2) is 83.8 Å². The Balaban J connectivity index is 1.99. The Bertz CT molecular complexity index is 1360. The van der Waals surface area contributed by atoms with Gasteiger partial charge in [-0.15, -0.1) is 0 Å². The molecule has 1 atom stereocenters. The molecular formula is C32H41N3O4S. The molecule has 7 nitrogen and oxygen atoms in total. The van der Waals surface area contributed by atoms with Crippen molar-refractivity contribution >= 4 is 27.5 Å². The van der Waals surface area contributed by atoms with Gasteiger partial charge in [-0.1, -0.05) is 87.4 Å². The van der Waals surface area contributed by atoms with Crippen LogP contribution >= 0.6 is 0 Å². The van der Waals surface area contributed by atoms with Gasteiger partial charge >= 0.3 is 0 Å². The molecule has 3 aromatic carbocycles. The first-order valence-corrected chi connectivity index (χ1v) is 15.3. The lowest BCUT2D eigenvalue weighted by Gasteiger charge is -2.32. The zero-order valence-electron chi connectivity index (χ0n) is 24.1. The van der Waals surface area contributed by atoms with Crippen molar-refractivity contribution in [3.63, 3.8) is 0 Å². The monoisotopic (exact) mass is 563 g/mol. The van der Waals surface area contributed by atoms with Crippen LogP contribution in [0.25, 0.3) is 0 Å². The van der Waals surface area contributed by atoms with E-state index >= 15 is 0 Å². The summed E-state index contributed by atoms with van der Waals surface area (Å²) in [4.78, 5) is 28.6. The standard InChI is InChI=1S/C32H41N3O4S/c1-6-7-21-33-32(37)26(5)34(22-27-15-13-25(4)14-16-27)31(36)23-35(29-19-17-28(18-20-29)24(2)3)40(38,39)30-11-9-8-10-12-30/h8-20,24,26H,6-7,21-23H2,1-5H3,(H,33,37)/t26-/m0/s1. The first-order chi connectivity index (χ1) is 19.0. The number of hydrogen-bond acceptors (Lipinski definition) is 4. The minimum Gasteiger partial charge on any atom is -0.354 e. The molecule has 0 aliphatic carbocycles. The maximum Gasteiger partial charge on any atom is 0.264 e. The van der Waals surface area contributed by atoms with Crippen molar-refractivity contribution in [2.24, 2.45) is 0 Å². The van der Waals surface area contributed by atoms with Crippen LogP contribution in [0.5, 0.6) is 0 Å². The summed E-state index contributed by atoms with van der Waals surface area (Å²) in [5.41, 5.74) is 3.38. The smallest absolute Gasteiger partial charge is 0.264 e. The highest BCUT2D eigenvalue weighted by molar-refractivity contribution is 7.92. The third-order valence-electron chi connectivity index (χ3n) is 6.93. The highest BCUT2D eigenvalue weighted by Gasteiger charge is 2.32. The molecule has 0 saturated carbocycles. The topological polar surface area (TPSA) is 86.8 Å². The van der Waals surface area contributed by atoms with E-state index in [0.29, 0.717) is 12.2 Å². The largest absolute Gasteiger partial charge is 0.354 e. The van der Waals surface area contributed by atoms with Gasteiger partial charge in [0.2, 0.25) is 11.8 Å². The fraction of sp³-hybridized carbons (Fsp3) is 0.375. The van der Waals surface area contributed by atoms with Crippen LogP contribution in [0.3, 0.4) is 0 Å². The Hall–Kier alpha value is -3.65. The number of hydrogen-bond donors (Lipinski definition) is 1. The maximum atomic E-state index is 14.0. The number of benzene rings is 3. The summed E-state index contributed by atoms with van der Waals surface area (Å²) in [6, 6.07) is 22.2. The number of anilines is 1. The zero-order valence-corrected chi connectivity index (χ0v) is 24.9. The van der Waals surface area contributed by atoms with Crippen LogP contribution in [0.4, 0.5) is 5.69 Å². The molecule has 0 unspecified atom stereocenters. The number of aryl methyl sites for hydroxylation is 1. The number of amides is 2. The lowest BCUT2D eigenvalue weighted by atomic mass is 10.0. The number of sulfonamides is 1. The molecule has 8 heteroatoms. The Morgan fingerprint density at radius 1 is 0.875 bits per heavy atom. The van der Waals surface area contributed by atoms with Crippen molar-refractivity contribution in [2.45, 2.75) is 70.9 Å². The van der Waals surface area contributed by atoms with Crippen molar-refractivity contribution in [3.8, 4) is 0 Å². The summed E-state index contributed by atoms with van der Waals surface area (Å²) >= 11 is 0. The zero-order chi connectivity index (χ0) is 29.3. The van der Waals surface area contributed by atoms with Gasteiger partial charge in [0.15, 0.2) is 0 Å². The molecular weight excluding hydrogens is 522 g/mol. The number of carbonyl (C=O) groups excluding carboxylic acids is 2. The minimum atomic E-state index is -4.07. The van der Waals surface area contributed by atoms with Gasteiger partial charge in [-0.2, -0.15) is 0 Å². The Kier molecular flexibility index (Phi) is 10.9. The SMILES string of the molecule is CCCCNC(=O)[C@H](C)N(Cc1ccc(C)cc1)C(=O)CN(c1ccc(C(C)C)cc1)S(=O)(=O)c1ccccc1. The molecule has 2 amide bonds. The van der Waals surface area contributed by atoms with Crippen molar-refractivity contribution in [2.75, 3.05) is 17.4 Å². The molecule has 3 rings (SSSR count). The minimum absolute atomic E-state index is 0.0891. The van der Waals surface area contributed by atoms with E-state index in [1.165, 1.54) is 17.0 Å². The Labute approximate surface area is 239 Å². The molecule has 0 spiro atoms. The second-order valence-corrected chi connectivity index (χ2v) is 12.3.